The molecule has 0 radical (unpaired) electrons. The van der Waals surface area contributed by atoms with Crippen molar-refractivity contribution in [3.63, 3.8) is 0 Å². The fraction of sp³-hybridized carbons (Fsp3) is 0.0204. The zero-order valence-corrected chi connectivity index (χ0v) is 28.9. The first-order valence-corrected chi connectivity index (χ1v) is 18.6. The number of fused-ring (bicyclic) bond motifs is 12. The van der Waals surface area contributed by atoms with E-state index in [9.17, 15) is 0 Å². The number of hydrogen-bond donors (Lipinski definition) is 0. The molecular formula is C49H30N2S. The molecule has 3 heteroatoms. The Balaban J connectivity index is 1.17. The van der Waals surface area contributed by atoms with Crippen molar-refractivity contribution in [2.75, 3.05) is 0 Å². The molecule has 0 saturated carbocycles. The molecule has 11 rings (SSSR count). The Morgan fingerprint density at radius 1 is 0.404 bits per heavy atom. The van der Waals surface area contributed by atoms with Crippen molar-refractivity contribution >= 4 is 21.4 Å². The third-order valence-electron chi connectivity index (χ3n) is 10.9. The van der Waals surface area contributed by atoms with Crippen LogP contribution < -0.4 is 0 Å². The van der Waals surface area contributed by atoms with Crippen LogP contribution in [0.1, 0.15) is 22.3 Å². The third kappa shape index (κ3) is 4.11. The normalized spacial score (nSPS) is 15.0. The number of thiophene rings is 1. The predicted octanol–water partition coefficient (Wildman–Crippen LogP) is 12.7. The molecule has 1 unspecified atom stereocenters. The third-order valence-corrected chi connectivity index (χ3v) is 12.1. The highest BCUT2D eigenvalue weighted by Crippen LogP contribution is 2.66. The van der Waals surface area contributed by atoms with Gasteiger partial charge in [0, 0.05) is 26.3 Å². The molecule has 2 aliphatic carbocycles. The molecule has 2 heterocycles. The molecule has 0 bridgehead atoms. The van der Waals surface area contributed by atoms with Crippen LogP contribution in [-0.4, -0.2) is 9.97 Å². The zero-order chi connectivity index (χ0) is 34.2. The minimum absolute atomic E-state index is 0.432. The number of nitrogens with zero attached hydrogens (tertiary/aromatic N) is 2. The Labute approximate surface area is 306 Å². The molecule has 2 aromatic heterocycles. The summed E-state index contributed by atoms with van der Waals surface area (Å²) in [6.45, 7) is 0. The van der Waals surface area contributed by atoms with E-state index in [-0.39, 0.29) is 0 Å². The van der Waals surface area contributed by atoms with Crippen molar-refractivity contribution in [1.82, 2.24) is 9.97 Å². The maximum absolute atomic E-state index is 5.39. The lowest BCUT2D eigenvalue weighted by molar-refractivity contribution is 0.803. The van der Waals surface area contributed by atoms with E-state index in [1.807, 2.05) is 11.3 Å². The van der Waals surface area contributed by atoms with Crippen molar-refractivity contribution in [3.8, 4) is 66.6 Å². The molecule has 2 nitrogen and oxygen atoms in total. The van der Waals surface area contributed by atoms with Gasteiger partial charge in [-0.3, -0.25) is 0 Å². The maximum atomic E-state index is 5.39. The Hall–Kier alpha value is -6.42. The van der Waals surface area contributed by atoms with Gasteiger partial charge in [-0.05, 0) is 67.6 Å². The molecule has 7 aromatic carbocycles. The summed E-state index contributed by atoms with van der Waals surface area (Å²) in [4.78, 5) is 11.9. The van der Waals surface area contributed by atoms with Crippen LogP contribution in [0.15, 0.2) is 182 Å². The van der Waals surface area contributed by atoms with Gasteiger partial charge in [-0.1, -0.05) is 170 Å². The van der Waals surface area contributed by atoms with Crippen LogP contribution in [0.25, 0.3) is 76.7 Å². The molecule has 9 aromatic rings. The second-order valence-corrected chi connectivity index (χ2v) is 14.7. The molecule has 2 aliphatic rings. The predicted molar refractivity (Wildman–Crippen MR) is 215 cm³/mol. The van der Waals surface area contributed by atoms with Gasteiger partial charge in [-0.15, -0.1) is 11.3 Å². The van der Waals surface area contributed by atoms with Gasteiger partial charge in [-0.25, -0.2) is 9.97 Å². The molecule has 242 valence electrons. The van der Waals surface area contributed by atoms with Crippen molar-refractivity contribution in [2.45, 2.75) is 5.41 Å². The standard InChI is InChI=1S/C49H30N2S/c1-3-14-31(15-4-1)32-26-28-34(29-27-32)48-50-42(33-16-5-2-6-17-33)30-43(51-48)37-21-13-24-41-45(37)35-18-7-10-22-39(35)49(41)40-23-11-8-19-36(40)47-46(49)38-20-9-12-25-44(38)52-47/h1-30H. The lowest BCUT2D eigenvalue weighted by atomic mass is 9.70. The van der Waals surface area contributed by atoms with Gasteiger partial charge in [-0.2, -0.15) is 0 Å². The van der Waals surface area contributed by atoms with Crippen molar-refractivity contribution in [1.29, 1.82) is 0 Å². The minimum atomic E-state index is -0.432. The van der Waals surface area contributed by atoms with Gasteiger partial charge < -0.3 is 0 Å². The molecule has 52 heavy (non-hydrogen) atoms. The van der Waals surface area contributed by atoms with E-state index in [2.05, 4.69) is 182 Å². The highest BCUT2D eigenvalue weighted by atomic mass is 32.1. The Morgan fingerprint density at radius 2 is 0.962 bits per heavy atom. The summed E-state index contributed by atoms with van der Waals surface area (Å²) in [5, 5.41) is 1.33. The summed E-state index contributed by atoms with van der Waals surface area (Å²) in [6.07, 6.45) is 0. The average Bonchev–Trinajstić information content (AvgIpc) is 3.85. The molecule has 0 N–H and O–H groups in total. The number of benzene rings is 7. The summed E-state index contributed by atoms with van der Waals surface area (Å²) in [7, 11) is 0. The van der Waals surface area contributed by atoms with E-state index < -0.39 is 5.41 Å². The fourth-order valence-corrected chi connectivity index (χ4v) is 10.1. The zero-order valence-electron chi connectivity index (χ0n) is 28.1. The van der Waals surface area contributed by atoms with Gasteiger partial charge in [0.1, 0.15) is 0 Å². The van der Waals surface area contributed by atoms with E-state index in [1.54, 1.807) is 0 Å². The average molecular weight is 679 g/mol. The lowest BCUT2D eigenvalue weighted by Crippen LogP contribution is -2.25. The molecule has 1 spiro atoms. The van der Waals surface area contributed by atoms with Crippen LogP contribution in [0, 0.1) is 0 Å². The van der Waals surface area contributed by atoms with Gasteiger partial charge in [0.15, 0.2) is 5.82 Å². The summed E-state index contributed by atoms with van der Waals surface area (Å²) in [5.74, 6) is 0.715. The van der Waals surface area contributed by atoms with Gasteiger partial charge >= 0.3 is 0 Å². The number of rotatable bonds is 4. The van der Waals surface area contributed by atoms with Gasteiger partial charge in [0.2, 0.25) is 0 Å². The highest BCUT2D eigenvalue weighted by molar-refractivity contribution is 7.22. The summed E-state index contributed by atoms with van der Waals surface area (Å²) < 4.78 is 1.33. The maximum Gasteiger partial charge on any atom is 0.160 e. The quantitative estimate of drug-likeness (QED) is 0.185. The van der Waals surface area contributed by atoms with E-state index in [4.69, 9.17) is 9.97 Å². The summed E-state index contributed by atoms with van der Waals surface area (Å²) in [5.41, 5.74) is 16.2. The molecule has 1 atom stereocenters. The second-order valence-electron chi connectivity index (χ2n) is 13.6. The Kier molecular flexibility index (Phi) is 6.37. The Bertz CT molecular complexity index is 2840. The largest absolute Gasteiger partial charge is 0.228 e. The van der Waals surface area contributed by atoms with Crippen LogP contribution >= 0.6 is 11.3 Å². The highest BCUT2D eigenvalue weighted by Gasteiger charge is 2.53. The summed E-state index contributed by atoms with van der Waals surface area (Å²) >= 11 is 1.92. The topological polar surface area (TPSA) is 25.8 Å². The Morgan fingerprint density at radius 3 is 1.75 bits per heavy atom. The van der Waals surface area contributed by atoms with Crippen LogP contribution in [0.2, 0.25) is 0 Å². The van der Waals surface area contributed by atoms with E-state index >= 15 is 0 Å². The van der Waals surface area contributed by atoms with Crippen LogP contribution in [-0.2, 0) is 5.41 Å². The minimum Gasteiger partial charge on any atom is -0.228 e. The lowest BCUT2D eigenvalue weighted by Gasteiger charge is -2.30. The number of aromatic nitrogens is 2. The monoisotopic (exact) mass is 678 g/mol. The smallest absolute Gasteiger partial charge is 0.160 e. The van der Waals surface area contributed by atoms with Crippen molar-refractivity contribution in [3.05, 3.63) is 204 Å². The van der Waals surface area contributed by atoms with Gasteiger partial charge in [0.05, 0.1) is 16.8 Å². The first-order valence-electron chi connectivity index (χ1n) is 17.7. The van der Waals surface area contributed by atoms with Crippen LogP contribution in [0.5, 0.6) is 0 Å². The number of hydrogen-bond acceptors (Lipinski definition) is 3. The van der Waals surface area contributed by atoms with E-state index in [0.29, 0.717) is 5.82 Å². The molecule has 0 fully saturated rings. The fourth-order valence-electron chi connectivity index (χ4n) is 8.76. The van der Waals surface area contributed by atoms with Crippen molar-refractivity contribution in [2.24, 2.45) is 0 Å². The molecule has 0 aliphatic heterocycles. The summed E-state index contributed by atoms with van der Waals surface area (Å²) in [6, 6.07) is 65.6. The molecular weight excluding hydrogens is 649 g/mol. The van der Waals surface area contributed by atoms with Crippen LogP contribution in [0.4, 0.5) is 0 Å². The van der Waals surface area contributed by atoms with E-state index in [1.165, 1.54) is 65.0 Å². The first kappa shape index (κ1) is 29.3. The van der Waals surface area contributed by atoms with Crippen LogP contribution in [0.3, 0.4) is 0 Å². The second kappa shape index (κ2) is 11.3. The van der Waals surface area contributed by atoms with Crippen molar-refractivity contribution < 1.29 is 0 Å². The molecule has 0 amide bonds. The van der Waals surface area contributed by atoms with E-state index in [0.717, 1.165) is 28.1 Å². The van der Waals surface area contributed by atoms with Gasteiger partial charge in [0.25, 0.3) is 0 Å². The SMILES string of the molecule is c1ccc(-c2ccc(-c3nc(-c4ccccc4)cc(-c4cccc5c4-c4ccccc4C54c5ccccc5-c5sc6ccccc6c54)n3)cc2)cc1. The molecule has 0 saturated heterocycles. The first-order chi connectivity index (χ1) is 25.8.